The summed E-state index contributed by atoms with van der Waals surface area (Å²) < 4.78 is 72.7. The molecule has 8 nitrogen and oxygen atoms in total. The quantitative estimate of drug-likeness (QED) is 0.465. The minimum absolute atomic E-state index is 0.109. The minimum atomic E-state index is -4.88. The molecule has 1 aliphatic rings. The van der Waals surface area contributed by atoms with Crippen LogP contribution in [0.4, 0.5) is 24.5 Å². The molecular weight excluding hydrogens is 499 g/mol. The van der Waals surface area contributed by atoms with Gasteiger partial charge in [-0.1, -0.05) is 17.7 Å². The number of pyridine rings is 1. The molecule has 1 unspecified atom stereocenters. The second-order valence-corrected chi connectivity index (χ2v) is 9.90. The number of para-hydroxylation sites is 1. The Morgan fingerprint density at radius 3 is 2.65 bits per heavy atom. The van der Waals surface area contributed by atoms with Crippen LogP contribution in [0.15, 0.2) is 47.5 Å². The van der Waals surface area contributed by atoms with Gasteiger partial charge < -0.3 is 15.2 Å². The number of halogens is 4. The van der Waals surface area contributed by atoms with Gasteiger partial charge in [-0.05, 0) is 36.4 Å². The molecule has 0 saturated carbocycles. The zero-order valence-electron chi connectivity index (χ0n) is 17.2. The molecule has 1 fully saturated rings. The third-order valence-corrected chi connectivity index (χ3v) is 7.24. The Morgan fingerprint density at radius 2 is 2.00 bits per heavy atom. The zero-order valence-corrected chi connectivity index (χ0v) is 18.8. The molecule has 1 saturated heterocycles. The lowest BCUT2D eigenvalue weighted by atomic mass is 10.1. The van der Waals surface area contributed by atoms with Gasteiger partial charge in [-0.2, -0.15) is 13.2 Å². The highest BCUT2D eigenvalue weighted by Gasteiger charge is 2.36. The molecule has 1 atom stereocenters. The van der Waals surface area contributed by atoms with Gasteiger partial charge >= 0.3 is 12.1 Å². The first-order chi connectivity index (χ1) is 16.0. The van der Waals surface area contributed by atoms with Crippen LogP contribution in [0.5, 0.6) is 0 Å². The molecule has 2 aromatic carbocycles. The summed E-state index contributed by atoms with van der Waals surface area (Å²) >= 11 is 6.06. The summed E-state index contributed by atoms with van der Waals surface area (Å²) in [5, 5.41) is 13.7. The molecular formula is C21H17ClF3N3O5S. The molecule has 1 aromatic heterocycles. The zero-order chi connectivity index (χ0) is 24.7. The number of sulfone groups is 1. The van der Waals surface area contributed by atoms with Crippen LogP contribution in [0, 0.1) is 0 Å². The fourth-order valence-electron chi connectivity index (χ4n) is 3.55. The van der Waals surface area contributed by atoms with E-state index in [0.717, 1.165) is 24.3 Å². The third kappa shape index (κ3) is 4.67. The van der Waals surface area contributed by atoms with Crippen molar-refractivity contribution in [1.29, 1.82) is 0 Å². The summed E-state index contributed by atoms with van der Waals surface area (Å²) in [5.41, 5.74) is -2.59. The van der Waals surface area contributed by atoms with Gasteiger partial charge in [-0.15, -0.1) is 0 Å². The number of nitrogens with zero attached hydrogens (tertiary/aromatic N) is 1. The van der Waals surface area contributed by atoms with E-state index < -0.39 is 49.2 Å². The summed E-state index contributed by atoms with van der Waals surface area (Å²) in [6, 6.07) is 8.03. The van der Waals surface area contributed by atoms with Gasteiger partial charge in [-0.3, -0.25) is 5.32 Å². The maximum Gasteiger partial charge on any atom is 0.418 e. The Labute approximate surface area is 196 Å². The van der Waals surface area contributed by atoms with Gasteiger partial charge in [0, 0.05) is 17.0 Å². The molecule has 0 bridgehead atoms. The van der Waals surface area contributed by atoms with E-state index in [-0.39, 0.29) is 28.2 Å². The van der Waals surface area contributed by atoms with E-state index in [2.05, 4.69) is 15.6 Å². The Balaban J connectivity index is 1.93. The highest BCUT2D eigenvalue weighted by molar-refractivity contribution is 7.92. The summed E-state index contributed by atoms with van der Waals surface area (Å²) in [5.74, 6) is -1.60. The first-order valence-electron chi connectivity index (χ1n) is 9.84. The molecule has 3 N–H and O–H groups in total. The van der Waals surface area contributed by atoms with Crippen molar-refractivity contribution in [2.75, 3.05) is 25.1 Å². The minimum Gasteiger partial charge on any atom is -0.478 e. The van der Waals surface area contributed by atoms with Crippen LogP contribution in [0.1, 0.15) is 15.9 Å². The second-order valence-electron chi connectivity index (χ2n) is 7.39. The van der Waals surface area contributed by atoms with Crippen LogP contribution >= 0.6 is 11.6 Å². The predicted octanol–water partition coefficient (Wildman–Crippen LogP) is 4.07. The van der Waals surface area contributed by atoms with Crippen molar-refractivity contribution in [2.45, 2.75) is 16.6 Å². The number of hydrogen-bond donors (Lipinski definition) is 3. The van der Waals surface area contributed by atoms with Crippen molar-refractivity contribution < 1.29 is 36.2 Å². The number of aromatic nitrogens is 1. The Hall–Kier alpha value is -2.93. The fourth-order valence-corrected chi connectivity index (χ4v) is 5.13. The van der Waals surface area contributed by atoms with Gasteiger partial charge in [0.1, 0.15) is 5.37 Å². The molecule has 34 heavy (non-hydrogen) atoms. The number of carboxylic acids is 1. The number of rotatable bonds is 5. The van der Waals surface area contributed by atoms with Crippen molar-refractivity contribution in [3.8, 4) is 0 Å². The molecule has 1 aliphatic heterocycles. The Morgan fingerprint density at radius 1 is 1.24 bits per heavy atom. The maximum atomic E-state index is 13.7. The first-order valence-corrected chi connectivity index (χ1v) is 11.8. The summed E-state index contributed by atoms with van der Waals surface area (Å²) in [6.45, 7) is 0.485. The van der Waals surface area contributed by atoms with Gasteiger partial charge in [0.05, 0.1) is 41.2 Å². The van der Waals surface area contributed by atoms with Crippen LogP contribution in [-0.4, -0.2) is 49.6 Å². The van der Waals surface area contributed by atoms with Gasteiger partial charge in [0.2, 0.25) is 9.84 Å². The Bertz CT molecular complexity index is 1380. The van der Waals surface area contributed by atoms with Crippen LogP contribution in [0.3, 0.4) is 0 Å². The van der Waals surface area contributed by atoms with Crippen LogP contribution < -0.4 is 10.6 Å². The van der Waals surface area contributed by atoms with Crippen LogP contribution in [-0.2, 0) is 20.8 Å². The molecule has 0 radical (unpaired) electrons. The summed E-state index contributed by atoms with van der Waals surface area (Å²) in [4.78, 5) is 15.9. The number of carboxylic acid groups (broad SMARTS) is 1. The van der Waals surface area contributed by atoms with Crippen molar-refractivity contribution in [3.63, 3.8) is 0 Å². The number of morpholine rings is 1. The molecule has 0 spiro atoms. The monoisotopic (exact) mass is 515 g/mol. The summed E-state index contributed by atoms with van der Waals surface area (Å²) in [6.07, 6.45) is -4.88. The number of carbonyl (C=O) groups is 1. The number of benzene rings is 2. The van der Waals surface area contributed by atoms with E-state index in [9.17, 15) is 31.5 Å². The average Bonchev–Trinajstić information content (AvgIpc) is 2.79. The van der Waals surface area contributed by atoms with Gasteiger partial charge in [0.25, 0.3) is 0 Å². The van der Waals surface area contributed by atoms with Crippen molar-refractivity contribution in [1.82, 2.24) is 10.3 Å². The third-order valence-electron chi connectivity index (χ3n) is 5.16. The van der Waals surface area contributed by atoms with Crippen LogP contribution in [0.2, 0.25) is 5.02 Å². The number of ether oxygens (including phenoxy) is 1. The number of nitrogens with one attached hydrogen (secondary N) is 2. The maximum absolute atomic E-state index is 13.7. The van der Waals surface area contributed by atoms with E-state index in [0.29, 0.717) is 13.2 Å². The van der Waals surface area contributed by atoms with Gasteiger partial charge in [-0.25, -0.2) is 18.2 Å². The lowest BCUT2D eigenvalue weighted by molar-refractivity contribution is -0.136. The molecule has 180 valence electrons. The second kappa shape index (κ2) is 9.02. The fraction of sp³-hybridized carbons (Fsp3) is 0.238. The van der Waals surface area contributed by atoms with Crippen molar-refractivity contribution >= 4 is 49.7 Å². The highest BCUT2D eigenvalue weighted by Crippen LogP contribution is 2.40. The number of aromatic carboxylic acids is 1. The molecule has 3 aromatic rings. The lowest BCUT2D eigenvalue weighted by Gasteiger charge is -2.24. The number of anilines is 2. The SMILES string of the molecule is O=C(O)c1cccc(C(F)(F)F)c1Nc1cc(S(=O)(=O)C2COCCN2)nc2ccc(Cl)cc12. The van der Waals surface area contributed by atoms with E-state index in [1.165, 1.54) is 18.2 Å². The molecule has 0 aliphatic carbocycles. The average molecular weight is 516 g/mol. The largest absolute Gasteiger partial charge is 0.478 e. The molecule has 0 amide bonds. The van der Waals surface area contributed by atoms with Crippen LogP contribution in [0.25, 0.3) is 10.9 Å². The van der Waals surface area contributed by atoms with Crippen molar-refractivity contribution in [3.05, 3.63) is 58.6 Å². The smallest absolute Gasteiger partial charge is 0.418 e. The van der Waals surface area contributed by atoms with Crippen molar-refractivity contribution in [2.24, 2.45) is 0 Å². The predicted molar refractivity (Wildman–Crippen MR) is 118 cm³/mol. The normalized spacial score (nSPS) is 17.0. The number of fused-ring (bicyclic) bond motifs is 1. The highest BCUT2D eigenvalue weighted by atomic mass is 35.5. The topological polar surface area (TPSA) is 118 Å². The van der Waals surface area contributed by atoms with E-state index in [1.807, 2.05) is 0 Å². The number of alkyl halides is 3. The molecule has 13 heteroatoms. The van der Waals surface area contributed by atoms with E-state index in [4.69, 9.17) is 16.3 Å². The Kier molecular flexibility index (Phi) is 6.42. The first kappa shape index (κ1) is 24.2. The summed E-state index contributed by atoms with van der Waals surface area (Å²) in [7, 11) is -4.10. The number of hydrogen-bond acceptors (Lipinski definition) is 7. The van der Waals surface area contributed by atoms with E-state index >= 15 is 0 Å². The lowest BCUT2D eigenvalue weighted by Crippen LogP contribution is -2.46. The standard InChI is InChI=1S/C21H17ClF3N3O5S/c22-11-4-5-15-13(8-11)16(9-17(27-15)34(31,32)18-10-33-7-6-26-18)28-19-12(20(29)30)2-1-3-14(19)21(23,24)25/h1-5,8-9,18,26H,6-7,10H2,(H,27,28)(H,29,30). The molecule has 4 rings (SSSR count). The van der Waals surface area contributed by atoms with E-state index in [1.54, 1.807) is 0 Å². The molecule has 2 heterocycles. The van der Waals surface area contributed by atoms with Gasteiger partial charge in [0.15, 0.2) is 5.03 Å².